The molecule has 4 aromatic rings. The fourth-order valence-electron chi connectivity index (χ4n) is 3.75. The number of nitrogens with one attached hydrogen (secondary N) is 2. The number of benzene rings is 4. The number of halogens is 1. The van der Waals surface area contributed by atoms with Gasteiger partial charge in [0.25, 0.3) is 5.91 Å². The van der Waals surface area contributed by atoms with Crippen LogP contribution in [0, 0.1) is 13.8 Å². The van der Waals surface area contributed by atoms with Crippen LogP contribution in [0.4, 0.5) is 0 Å². The minimum absolute atomic E-state index is 0.00863. The van der Waals surface area contributed by atoms with Crippen molar-refractivity contribution >= 4 is 48.2 Å². The van der Waals surface area contributed by atoms with Crippen molar-refractivity contribution in [3.63, 3.8) is 0 Å². The van der Waals surface area contributed by atoms with Crippen molar-refractivity contribution in [2.24, 2.45) is 5.10 Å². The Bertz CT molecular complexity index is 1770. The lowest BCUT2D eigenvalue weighted by Gasteiger charge is -2.18. The molecule has 1 amide bonds. The molecule has 0 aliphatic rings. The summed E-state index contributed by atoms with van der Waals surface area (Å²) in [5.74, 6) is -0.610. The van der Waals surface area contributed by atoms with Crippen molar-refractivity contribution < 1.29 is 25.8 Å². The van der Waals surface area contributed by atoms with Crippen LogP contribution in [0.5, 0.6) is 5.75 Å². The average Bonchev–Trinajstić information content (AvgIpc) is 2.95. The van der Waals surface area contributed by atoms with E-state index in [1.54, 1.807) is 48.5 Å². The van der Waals surface area contributed by atoms with Gasteiger partial charge in [-0.3, -0.25) is 4.79 Å². The molecule has 2 N–H and O–H groups in total. The summed E-state index contributed by atoms with van der Waals surface area (Å²) in [6.45, 7) is 3.68. The van der Waals surface area contributed by atoms with Gasteiger partial charge in [-0.2, -0.15) is 18.2 Å². The number of hydrogen-bond acceptors (Lipinski definition) is 7. The fourth-order valence-corrected chi connectivity index (χ4v) is 6.14. The van der Waals surface area contributed by atoms with E-state index in [1.165, 1.54) is 42.6 Å². The summed E-state index contributed by atoms with van der Waals surface area (Å²) >= 11 is 3.35. The minimum atomic E-state index is -4.06. The van der Waals surface area contributed by atoms with Crippen molar-refractivity contribution in [3.8, 4) is 5.75 Å². The molecule has 4 rings (SSSR count). The zero-order chi connectivity index (χ0) is 30.3. The van der Waals surface area contributed by atoms with Crippen LogP contribution in [-0.2, 0) is 31.4 Å². The zero-order valence-corrected chi connectivity index (χ0v) is 25.9. The molecule has 0 aliphatic heterocycles. The first-order chi connectivity index (χ1) is 19.9. The lowest BCUT2D eigenvalue weighted by molar-refractivity contribution is -0.122. The Kier molecular flexibility index (Phi) is 9.94. The van der Waals surface area contributed by atoms with Gasteiger partial charge >= 0.3 is 10.1 Å². The molecule has 0 spiro atoms. The maximum absolute atomic E-state index is 13.1. The number of carbonyl (C=O) groups is 1. The van der Waals surface area contributed by atoms with Crippen LogP contribution in [0.3, 0.4) is 0 Å². The SMILES string of the molecule is Cc1ccc(S(=O)(=O)N[C@H](Cc2ccc(OS(=O)(=O)c3ccc(C)cc3)cc2)C(=O)N/N=C/c2ccc(Br)cc2)cc1. The minimum Gasteiger partial charge on any atom is -0.379 e. The van der Waals surface area contributed by atoms with Crippen LogP contribution in [0.2, 0.25) is 0 Å². The zero-order valence-electron chi connectivity index (χ0n) is 22.7. The second-order valence-corrected chi connectivity index (χ2v) is 13.6. The van der Waals surface area contributed by atoms with Crippen molar-refractivity contribution in [2.45, 2.75) is 36.1 Å². The lowest BCUT2D eigenvalue weighted by atomic mass is 10.1. The number of amides is 1. The summed E-state index contributed by atoms with van der Waals surface area (Å²) in [7, 11) is -8.11. The molecule has 9 nitrogen and oxygen atoms in total. The Morgan fingerprint density at radius 3 is 1.93 bits per heavy atom. The Morgan fingerprint density at radius 1 is 0.810 bits per heavy atom. The summed E-state index contributed by atoms with van der Waals surface area (Å²) in [6.07, 6.45) is 1.40. The molecule has 0 saturated heterocycles. The lowest BCUT2D eigenvalue weighted by Crippen LogP contribution is -2.46. The summed E-state index contributed by atoms with van der Waals surface area (Å²) < 4.78 is 60.1. The third kappa shape index (κ3) is 8.58. The highest BCUT2D eigenvalue weighted by Crippen LogP contribution is 2.21. The molecule has 218 valence electrons. The Hall–Kier alpha value is -3.84. The molecular formula is C30H28BrN3O6S2. The standard InChI is InChI=1S/C30H28BrN3O6S2/c1-21-3-15-27(16-4-21)41(36,37)34-29(30(35)33-32-20-24-7-11-25(31)12-8-24)19-23-9-13-26(14-10-23)40-42(38,39)28-17-5-22(2)6-18-28/h3-18,20,29,34H,19H2,1-2H3,(H,33,35)/b32-20+/t29-/m1/s1. The smallest absolute Gasteiger partial charge is 0.339 e. The first-order valence-corrected chi connectivity index (χ1v) is 16.4. The van der Waals surface area contributed by atoms with Crippen molar-refractivity contribution in [1.29, 1.82) is 0 Å². The number of carbonyl (C=O) groups excluding carboxylic acids is 1. The highest BCUT2D eigenvalue weighted by Gasteiger charge is 2.26. The normalized spacial score (nSPS) is 12.6. The van der Waals surface area contributed by atoms with Crippen LogP contribution >= 0.6 is 15.9 Å². The number of rotatable bonds is 11. The largest absolute Gasteiger partial charge is 0.379 e. The van der Waals surface area contributed by atoms with E-state index in [2.05, 4.69) is 31.2 Å². The molecule has 0 aromatic heterocycles. The quantitative estimate of drug-likeness (QED) is 0.133. The van der Waals surface area contributed by atoms with E-state index in [9.17, 15) is 21.6 Å². The van der Waals surface area contributed by atoms with Gasteiger partial charge < -0.3 is 4.18 Å². The number of hydrazone groups is 1. The van der Waals surface area contributed by atoms with Gasteiger partial charge in [-0.1, -0.05) is 75.6 Å². The fraction of sp³-hybridized carbons (Fsp3) is 0.133. The maximum atomic E-state index is 13.1. The number of sulfonamides is 1. The molecule has 0 heterocycles. The Labute approximate surface area is 253 Å². The van der Waals surface area contributed by atoms with Crippen molar-refractivity contribution in [2.75, 3.05) is 0 Å². The molecule has 0 bridgehead atoms. The summed E-state index contributed by atoms with van der Waals surface area (Å²) in [6, 6.07) is 24.5. The molecule has 0 unspecified atom stereocenters. The van der Waals surface area contributed by atoms with Crippen LogP contribution < -0.4 is 14.3 Å². The molecule has 0 radical (unpaired) electrons. The molecule has 0 saturated carbocycles. The third-order valence-corrected chi connectivity index (χ3v) is 9.36. The van der Waals surface area contributed by atoms with Gasteiger partial charge in [0.1, 0.15) is 16.7 Å². The summed E-state index contributed by atoms with van der Waals surface area (Å²) in [5, 5.41) is 3.98. The van der Waals surface area contributed by atoms with Crippen molar-refractivity contribution in [3.05, 3.63) is 124 Å². The average molecular weight is 671 g/mol. The van der Waals surface area contributed by atoms with Crippen molar-refractivity contribution in [1.82, 2.24) is 10.1 Å². The van der Waals surface area contributed by atoms with E-state index in [1.807, 2.05) is 26.0 Å². The molecule has 4 aromatic carbocycles. The van der Waals surface area contributed by atoms with E-state index in [4.69, 9.17) is 4.18 Å². The number of hydrogen-bond donors (Lipinski definition) is 2. The Morgan fingerprint density at radius 2 is 1.36 bits per heavy atom. The molecule has 0 aliphatic carbocycles. The van der Waals surface area contributed by atoms with E-state index < -0.39 is 32.1 Å². The molecule has 42 heavy (non-hydrogen) atoms. The van der Waals surface area contributed by atoms with Crippen LogP contribution in [-0.4, -0.2) is 35.0 Å². The second-order valence-electron chi connectivity index (χ2n) is 9.47. The Balaban J connectivity index is 1.51. The van der Waals surface area contributed by atoms with Crippen LogP contribution in [0.25, 0.3) is 0 Å². The second kappa shape index (κ2) is 13.4. The molecule has 12 heteroatoms. The predicted molar refractivity (Wildman–Crippen MR) is 164 cm³/mol. The van der Waals surface area contributed by atoms with Gasteiger partial charge in [-0.25, -0.2) is 13.8 Å². The van der Waals surface area contributed by atoms with Gasteiger partial charge in [-0.15, -0.1) is 0 Å². The topological polar surface area (TPSA) is 131 Å². The van der Waals surface area contributed by atoms with Gasteiger partial charge in [0.15, 0.2) is 0 Å². The third-order valence-electron chi connectivity index (χ3n) is 6.08. The molecule has 0 fully saturated rings. The first kappa shape index (κ1) is 31.1. The maximum Gasteiger partial charge on any atom is 0.339 e. The highest BCUT2D eigenvalue weighted by atomic mass is 79.9. The summed E-state index contributed by atoms with van der Waals surface area (Å²) in [4.78, 5) is 13.2. The van der Waals surface area contributed by atoms with Crippen LogP contribution in [0.15, 0.2) is 116 Å². The van der Waals surface area contributed by atoms with E-state index in [0.717, 1.165) is 21.2 Å². The van der Waals surface area contributed by atoms with Gasteiger partial charge in [0.2, 0.25) is 10.0 Å². The number of nitrogens with zero attached hydrogens (tertiary/aromatic N) is 1. The number of aryl methyl sites for hydroxylation is 2. The predicted octanol–water partition coefficient (Wildman–Crippen LogP) is 4.87. The summed E-state index contributed by atoms with van der Waals surface area (Å²) in [5.41, 5.74) is 5.48. The van der Waals surface area contributed by atoms with Gasteiger partial charge in [0, 0.05) is 4.47 Å². The van der Waals surface area contributed by atoms with E-state index in [0.29, 0.717) is 5.56 Å². The van der Waals surface area contributed by atoms with Crippen LogP contribution in [0.1, 0.15) is 22.3 Å². The van der Waals surface area contributed by atoms with Gasteiger partial charge in [0.05, 0.1) is 11.1 Å². The monoisotopic (exact) mass is 669 g/mol. The van der Waals surface area contributed by atoms with E-state index in [-0.39, 0.29) is 22.0 Å². The van der Waals surface area contributed by atoms with Gasteiger partial charge in [-0.05, 0) is 79.9 Å². The highest BCUT2D eigenvalue weighted by molar-refractivity contribution is 9.10. The molecule has 1 atom stereocenters. The molecular weight excluding hydrogens is 642 g/mol. The first-order valence-electron chi connectivity index (χ1n) is 12.7. The van der Waals surface area contributed by atoms with E-state index >= 15 is 0 Å².